The summed E-state index contributed by atoms with van der Waals surface area (Å²) < 4.78 is 0. The molecule has 84 valence electrons. The molecule has 16 heavy (non-hydrogen) atoms. The Kier molecular flexibility index (Phi) is 3.12. The lowest BCUT2D eigenvalue weighted by molar-refractivity contribution is -0.113. The number of amides is 2. The molecule has 3 N–H and O–H groups in total. The van der Waals surface area contributed by atoms with Gasteiger partial charge in [0.1, 0.15) is 0 Å². The van der Waals surface area contributed by atoms with Crippen molar-refractivity contribution in [2.75, 3.05) is 18.1 Å². The Morgan fingerprint density at radius 3 is 3.06 bits per heavy atom. The SMILES string of the molecule is CNNC(=O)c1ccc2c(c1)NC(=O)CS2. The van der Waals surface area contributed by atoms with Gasteiger partial charge in [-0.15, -0.1) is 11.8 Å². The first-order valence-corrected chi connectivity index (χ1v) is 5.73. The van der Waals surface area contributed by atoms with Crippen molar-refractivity contribution in [1.82, 2.24) is 10.9 Å². The van der Waals surface area contributed by atoms with Gasteiger partial charge in [-0.3, -0.25) is 15.0 Å². The molecule has 0 spiro atoms. The van der Waals surface area contributed by atoms with E-state index in [0.717, 1.165) is 4.90 Å². The van der Waals surface area contributed by atoms with Gasteiger partial charge in [0.2, 0.25) is 5.91 Å². The van der Waals surface area contributed by atoms with Crippen LogP contribution in [0.5, 0.6) is 0 Å². The molecule has 0 radical (unpaired) electrons. The molecule has 0 bridgehead atoms. The second-order valence-electron chi connectivity index (χ2n) is 3.25. The second-order valence-corrected chi connectivity index (χ2v) is 4.27. The number of anilines is 1. The van der Waals surface area contributed by atoms with Gasteiger partial charge in [-0.25, -0.2) is 5.43 Å². The summed E-state index contributed by atoms with van der Waals surface area (Å²) in [6.45, 7) is 0. The van der Waals surface area contributed by atoms with Crippen LogP contribution in [0, 0.1) is 0 Å². The van der Waals surface area contributed by atoms with Gasteiger partial charge in [-0.1, -0.05) is 0 Å². The van der Waals surface area contributed by atoms with Crippen LogP contribution in [-0.4, -0.2) is 24.6 Å². The summed E-state index contributed by atoms with van der Waals surface area (Å²) in [7, 11) is 1.62. The van der Waals surface area contributed by atoms with E-state index in [1.165, 1.54) is 11.8 Å². The van der Waals surface area contributed by atoms with Gasteiger partial charge in [0.15, 0.2) is 0 Å². The highest BCUT2D eigenvalue weighted by molar-refractivity contribution is 8.00. The predicted molar refractivity (Wildman–Crippen MR) is 62.3 cm³/mol. The minimum absolute atomic E-state index is 0.0383. The van der Waals surface area contributed by atoms with Crippen LogP contribution in [-0.2, 0) is 4.79 Å². The zero-order valence-corrected chi connectivity index (χ0v) is 9.48. The molecular formula is C10H11N3O2S. The predicted octanol–water partition coefficient (Wildman–Crippen LogP) is 0.595. The fourth-order valence-electron chi connectivity index (χ4n) is 1.41. The molecular weight excluding hydrogens is 226 g/mol. The quantitative estimate of drug-likeness (QED) is 0.659. The average molecular weight is 237 g/mol. The summed E-state index contributed by atoms with van der Waals surface area (Å²) >= 11 is 1.47. The van der Waals surface area contributed by atoms with Crippen LogP contribution in [0.2, 0.25) is 0 Å². The summed E-state index contributed by atoms with van der Waals surface area (Å²) in [4.78, 5) is 23.7. The molecule has 0 aromatic heterocycles. The van der Waals surface area contributed by atoms with Gasteiger partial charge in [0.25, 0.3) is 5.91 Å². The molecule has 0 atom stereocenters. The molecule has 1 aliphatic rings. The monoisotopic (exact) mass is 237 g/mol. The van der Waals surface area contributed by atoms with Crippen LogP contribution in [0.3, 0.4) is 0 Å². The van der Waals surface area contributed by atoms with Crippen molar-refractivity contribution in [3.63, 3.8) is 0 Å². The Morgan fingerprint density at radius 1 is 1.50 bits per heavy atom. The Morgan fingerprint density at radius 2 is 2.31 bits per heavy atom. The normalized spacial score (nSPS) is 13.9. The molecule has 0 saturated carbocycles. The Labute approximate surface area is 97.0 Å². The van der Waals surface area contributed by atoms with E-state index in [1.807, 2.05) is 6.07 Å². The summed E-state index contributed by atoms with van der Waals surface area (Å²) in [5, 5.41) is 2.74. The summed E-state index contributed by atoms with van der Waals surface area (Å²) in [5.74, 6) is 0.161. The first-order valence-electron chi connectivity index (χ1n) is 4.74. The van der Waals surface area contributed by atoms with Gasteiger partial charge in [-0.05, 0) is 18.2 Å². The average Bonchev–Trinajstić information content (AvgIpc) is 2.28. The number of fused-ring (bicyclic) bond motifs is 1. The van der Waals surface area contributed by atoms with E-state index in [1.54, 1.807) is 19.2 Å². The zero-order chi connectivity index (χ0) is 11.5. The molecule has 0 saturated heterocycles. The van der Waals surface area contributed by atoms with Gasteiger partial charge < -0.3 is 5.32 Å². The maximum atomic E-state index is 11.5. The number of hydrogen-bond donors (Lipinski definition) is 3. The molecule has 2 amide bonds. The number of carbonyl (C=O) groups is 2. The van der Waals surface area contributed by atoms with Gasteiger partial charge in [0, 0.05) is 17.5 Å². The number of carbonyl (C=O) groups excluding carboxylic acids is 2. The van der Waals surface area contributed by atoms with Crippen molar-refractivity contribution in [3.8, 4) is 0 Å². The van der Waals surface area contributed by atoms with Crippen molar-refractivity contribution < 1.29 is 9.59 Å². The molecule has 1 aromatic carbocycles. The Hall–Kier alpha value is -1.53. The van der Waals surface area contributed by atoms with E-state index in [2.05, 4.69) is 16.2 Å². The minimum atomic E-state index is -0.227. The number of benzene rings is 1. The molecule has 0 aliphatic carbocycles. The molecule has 2 rings (SSSR count). The van der Waals surface area contributed by atoms with Crippen molar-refractivity contribution in [2.45, 2.75) is 4.90 Å². The molecule has 1 aliphatic heterocycles. The molecule has 0 unspecified atom stereocenters. The zero-order valence-electron chi connectivity index (χ0n) is 8.66. The molecule has 1 heterocycles. The lowest BCUT2D eigenvalue weighted by atomic mass is 10.2. The van der Waals surface area contributed by atoms with Gasteiger partial charge >= 0.3 is 0 Å². The van der Waals surface area contributed by atoms with E-state index < -0.39 is 0 Å². The third-order valence-corrected chi connectivity index (χ3v) is 3.19. The first kappa shape index (κ1) is 11.0. The fourth-order valence-corrected chi connectivity index (χ4v) is 2.20. The van der Waals surface area contributed by atoms with Crippen LogP contribution in [0.25, 0.3) is 0 Å². The maximum Gasteiger partial charge on any atom is 0.265 e. The minimum Gasteiger partial charge on any atom is -0.324 e. The number of hydrazine groups is 1. The van der Waals surface area contributed by atoms with Crippen LogP contribution in [0.1, 0.15) is 10.4 Å². The first-order chi connectivity index (χ1) is 7.70. The number of rotatable bonds is 2. The lowest BCUT2D eigenvalue weighted by Gasteiger charge is -2.16. The van der Waals surface area contributed by atoms with E-state index in [-0.39, 0.29) is 11.8 Å². The third-order valence-electron chi connectivity index (χ3n) is 2.11. The van der Waals surface area contributed by atoms with E-state index in [4.69, 9.17) is 0 Å². The molecule has 0 fully saturated rings. The highest BCUT2D eigenvalue weighted by atomic mass is 32.2. The maximum absolute atomic E-state index is 11.5. The fraction of sp³-hybridized carbons (Fsp3) is 0.200. The topological polar surface area (TPSA) is 70.2 Å². The highest BCUT2D eigenvalue weighted by Gasteiger charge is 2.16. The lowest BCUT2D eigenvalue weighted by Crippen LogP contribution is -2.34. The molecule has 6 heteroatoms. The van der Waals surface area contributed by atoms with Crippen LogP contribution in [0.15, 0.2) is 23.1 Å². The standard InChI is InChI=1S/C10H11N3O2S/c1-11-13-10(15)6-2-3-8-7(4-6)12-9(14)5-16-8/h2-4,11H,5H2,1H3,(H,12,14)(H,13,15). The number of thioether (sulfide) groups is 1. The Bertz CT molecular complexity index is 448. The summed E-state index contributed by atoms with van der Waals surface area (Å²) in [6, 6.07) is 5.24. The van der Waals surface area contributed by atoms with Crippen molar-refractivity contribution in [1.29, 1.82) is 0 Å². The Balaban J connectivity index is 2.27. The molecule has 1 aromatic rings. The van der Waals surface area contributed by atoms with E-state index in [9.17, 15) is 9.59 Å². The van der Waals surface area contributed by atoms with Crippen molar-refractivity contribution in [2.24, 2.45) is 0 Å². The van der Waals surface area contributed by atoms with Crippen molar-refractivity contribution in [3.05, 3.63) is 23.8 Å². The molecule has 5 nitrogen and oxygen atoms in total. The summed E-state index contributed by atoms with van der Waals surface area (Å²) in [5.41, 5.74) is 6.24. The number of nitrogens with one attached hydrogen (secondary N) is 3. The highest BCUT2D eigenvalue weighted by Crippen LogP contribution is 2.31. The third kappa shape index (κ3) is 2.17. The second kappa shape index (κ2) is 4.54. The van der Waals surface area contributed by atoms with Crippen LogP contribution >= 0.6 is 11.8 Å². The smallest absolute Gasteiger partial charge is 0.265 e. The van der Waals surface area contributed by atoms with Gasteiger partial charge in [0.05, 0.1) is 11.4 Å². The summed E-state index contributed by atoms with van der Waals surface area (Å²) in [6.07, 6.45) is 0. The van der Waals surface area contributed by atoms with Crippen LogP contribution < -0.4 is 16.2 Å². The van der Waals surface area contributed by atoms with E-state index in [0.29, 0.717) is 17.0 Å². The van der Waals surface area contributed by atoms with Crippen molar-refractivity contribution >= 4 is 29.3 Å². The van der Waals surface area contributed by atoms with E-state index >= 15 is 0 Å². The van der Waals surface area contributed by atoms with Crippen LogP contribution in [0.4, 0.5) is 5.69 Å². The number of hydrogen-bond acceptors (Lipinski definition) is 4. The largest absolute Gasteiger partial charge is 0.324 e. The van der Waals surface area contributed by atoms with Gasteiger partial charge in [-0.2, -0.15) is 0 Å².